The lowest BCUT2D eigenvalue weighted by atomic mass is 10.2. The zero-order valence-corrected chi connectivity index (χ0v) is 15.3. The fourth-order valence-corrected chi connectivity index (χ4v) is 3.83. The minimum absolute atomic E-state index is 0.163. The molecular weight excluding hydrogens is 364 g/mol. The first-order valence-electron chi connectivity index (χ1n) is 8.61. The van der Waals surface area contributed by atoms with Crippen LogP contribution in [0, 0.1) is 0 Å². The predicted molar refractivity (Wildman–Crippen MR) is 101 cm³/mol. The molecule has 0 aliphatic carbocycles. The van der Waals surface area contributed by atoms with Crippen LogP contribution in [0.1, 0.15) is 22.6 Å². The van der Waals surface area contributed by atoms with Gasteiger partial charge in [0.1, 0.15) is 6.10 Å². The second kappa shape index (κ2) is 8.17. The van der Waals surface area contributed by atoms with Crippen molar-refractivity contribution in [1.82, 2.24) is 30.5 Å². The van der Waals surface area contributed by atoms with Gasteiger partial charge in [-0.15, -0.1) is 5.10 Å². The average Bonchev–Trinajstić information content (AvgIpc) is 3.39. The molecule has 0 radical (unpaired) electrons. The second-order valence-corrected chi connectivity index (χ2v) is 7.16. The van der Waals surface area contributed by atoms with Gasteiger partial charge in [-0.1, -0.05) is 18.2 Å². The molecule has 1 saturated heterocycles. The maximum Gasteiger partial charge on any atom is 0.251 e. The number of nitrogens with zero attached hydrogens (tertiary/aromatic N) is 5. The summed E-state index contributed by atoms with van der Waals surface area (Å²) in [4.78, 5) is 16.7. The first-order chi connectivity index (χ1) is 13.3. The number of carbonyl (C=O) groups is 1. The van der Waals surface area contributed by atoms with Crippen molar-refractivity contribution in [3.05, 3.63) is 60.0 Å². The highest BCUT2D eigenvalue weighted by molar-refractivity contribution is 7.99. The van der Waals surface area contributed by atoms with E-state index in [9.17, 15) is 4.79 Å². The van der Waals surface area contributed by atoms with Crippen LogP contribution in [0.15, 0.2) is 48.7 Å². The first-order valence-corrected chi connectivity index (χ1v) is 9.76. The van der Waals surface area contributed by atoms with Crippen LogP contribution in [0.2, 0.25) is 0 Å². The number of carbonyl (C=O) groups excluding carboxylic acids is 1. The quantitative estimate of drug-likeness (QED) is 0.695. The number of amides is 1. The highest BCUT2D eigenvalue weighted by atomic mass is 32.2. The molecule has 1 unspecified atom stereocenters. The standard InChI is InChI=1S/C18H18N6O2S/c25-18(13-6-8-19-17(10-13)26-15-7-9-27-12-15)20-11-16-21-22-23-24(16)14-4-2-1-3-5-14/h1-6,8,10,15H,7,9,11-12H2,(H,20,25). The number of aromatic nitrogens is 5. The van der Waals surface area contributed by atoms with E-state index in [0.717, 1.165) is 23.6 Å². The van der Waals surface area contributed by atoms with E-state index < -0.39 is 0 Å². The Hall–Kier alpha value is -2.94. The van der Waals surface area contributed by atoms with Crippen molar-refractivity contribution in [2.75, 3.05) is 11.5 Å². The highest BCUT2D eigenvalue weighted by Crippen LogP contribution is 2.22. The van der Waals surface area contributed by atoms with Crippen LogP contribution in [0.5, 0.6) is 5.88 Å². The molecule has 4 rings (SSSR count). The Morgan fingerprint density at radius 1 is 1.30 bits per heavy atom. The van der Waals surface area contributed by atoms with Crippen LogP contribution in [-0.2, 0) is 6.54 Å². The minimum Gasteiger partial charge on any atom is -0.473 e. The monoisotopic (exact) mass is 382 g/mol. The first kappa shape index (κ1) is 17.5. The minimum atomic E-state index is -0.231. The number of benzene rings is 1. The second-order valence-electron chi connectivity index (χ2n) is 6.01. The molecule has 3 heterocycles. The number of hydrogen-bond acceptors (Lipinski definition) is 7. The van der Waals surface area contributed by atoms with Gasteiger partial charge in [0.25, 0.3) is 5.91 Å². The van der Waals surface area contributed by atoms with E-state index in [1.807, 2.05) is 42.1 Å². The van der Waals surface area contributed by atoms with Gasteiger partial charge in [0, 0.05) is 23.6 Å². The van der Waals surface area contributed by atoms with Crippen molar-refractivity contribution in [3.8, 4) is 11.6 Å². The summed E-state index contributed by atoms with van der Waals surface area (Å²) in [5.41, 5.74) is 1.32. The SMILES string of the molecule is O=C(NCc1nnnn1-c1ccccc1)c1ccnc(OC2CCSC2)c1. The molecule has 3 aromatic rings. The molecule has 27 heavy (non-hydrogen) atoms. The molecule has 1 fully saturated rings. The van der Waals surface area contributed by atoms with E-state index >= 15 is 0 Å². The van der Waals surface area contributed by atoms with Crippen LogP contribution in [-0.4, -0.2) is 48.7 Å². The molecule has 1 amide bonds. The smallest absolute Gasteiger partial charge is 0.251 e. The Labute approximate surface area is 160 Å². The van der Waals surface area contributed by atoms with Crippen LogP contribution in [0.3, 0.4) is 0 Å². The van der Waals surface area contributed by atoms with E-state index in [1.165, 1.54) is 0 Å². The summed E-state index contributed by atoms with van der Waals surface area (Å²) in [5.74, 6) is 2.85. The Morgan fingerprint density at radius 3 is 3.00 bits per heavy atom. The molecule has 8 nitrogen and oxygen atoms in total. The third-order valence-electron chi connectivity index (χ3n) is 4.11. The summed E-state index contributed by atoms with van der Waals surface area (Å²) in [6.45, 7) is 0.207. The fourth-order valence-electron chi connectivity index (χ4n) is 2.74. The van der Waals surface area contributed by atoms with E-state index in [0.29, 0.717) is 17.3 Å². The molecule has 0 saturated carbocycles. The number of hydrogen-bond donors (Lipinski definition) is 1. The number of para-hydroxylation sites is 1. The van der Waals surface area contributed by atoms with Crippen LogP contribution in [0.25, 0.3) is 5.69 Å². The Bertz CT molecular complexity index is 911. The van der Waals surface area contributed by atoms with Crippen molar-refractivity contribution in [1.29, 1.82) is 0 Å². The lowest BCUT2D eigenvalue weighted by Gasteiger charge is -2.12. The number of pyridine rings is 1. The van der Waals surface area contributed by atoms with Crippen LogP contribution < -0.4 is 10.1 Å². The lowest BCUT2D eigenvalue weighted by molar-refractivity contribution is 0.0948. The van der Waals surface area contributed by atoms with Gasteiger partial charge in [-0.2, -0.15) is 16.4 Å². The number of ether oxygens (including phenoxy) is 1. The van der Waals surface area contributed by atoms with E-state index in [2.05, 4.69) is 25.8 Å². The summed E-state index contributed by atoms with van der Waals surface area (Å²) in [6, 6.07) is 12.8. The van der Waals surface area contributed by atoms with Gasteiger partial charge < -0.3 is 10.1 Å². The number of rotatable bonds is 6. The molecule has 0 spiro atoms. The summed E-state index contributed by atoms with van der Waals surface area (Å²) < 4.78 is 7.44. The van der Waals surface area contributed by atoms with Crippen LogP contribution >= 0.6 is 11.8 Å². The topological polar surface area (TPSA) is 94.8 Å². The molecule has 1 aliphatic heterocycles. The van der Waals surface area contributed by atoms with Gasteiger partial charge in [-0.25, -0.2) is 4.98 Å². The number of tetrazole rings is 1. The molecule has 1 atom stereocenters. The molecule has 2 aromatic heterocycles. The zero-order chi connectivity index (χ0) is 18.5. The summed E-state index contributed by atoms with van der Waals surface area (Å²) in [7, 11) is 0. The molecule has 138 valence electrons. The van der Waals surface area contributed by atoms with E-state index in [-0.39, 0.29) is 18.6 Å². The van der Waals surface area contributed by atoms with Gasteiger partial charge in [0.2, 0.25) is 5.88 Å². The van der Waals surface area contributed by atoms with Gasteiger partial charge in [-0.3, -0.25) is 4.79 Å². The van der Waals surface area contributed by atoms with Crippen molar-refractivity contribution < 1.29 is 9.53 Å². The van der Waals surface area contributed by atoms with Crippen molar-refractivity contribution in [2.24, 2.45) is 0 Å². The molecule has 9 heteroatoms. The maximum atomic E-state index is 12.5. The van der Waals surface area contributed by atoms with Gasteiger partial charge >= 0.3 is 0 Å². The molecular formula is C18H18N6O2S. The Balaban J connectivity index is 1.41. The number of nitrogens with one attached hydrogen (secondary N) is 1. The molecule has 1 N–H and O–H groups in total. The van der Waals surface area contributed by atoms with E-state index in [4.69, 9.17) is 4.74 Å². The summed E-state index contributed by atoms with van der Waals surface area (Å²) >= 11 is 1.86. The zero-order valence-electron chi connectivity index (χ0n) is 14.5. The Morgan fingerprint density at radius 2 is 2.19 bits per heavy atom. The third kappa shape index (κ3) is 4.25. The van der Waals surface area contributed by atoms with Crippen molar-refractivity contribution in [2.45, 2.75) is 19.1 Å². The normalized spacial score (nSPS) is 16.2. The van der Waals surface area contributed by atoms with Gasteiger partial charge in [0.15, 0.2) is 5.82 Å². The predicted octanol–water partition coefficient (Wildman–Crippen LogP) is 1.87. The molecule has 0 bridgehead atoms. The number of thioether (sulfide) groups is 1. The lowest BCUT2D eigenvalue weighted by Crippen LogP contribution is -2.25. The summed E-state index contributed by atoms with van der Waals surface area (Å²) in [5, 5.41) is 14.5. The van der Waals surface area contributed by atoms with Gasteiger partial charge in [-0.05, 0) is 40.8 Å². The molecule has 1 aliphatic rings. The van der Waals surface area contributed by atoms with Crippen LogP contribution in [0.4, 0.5) is 0 Å². The average molecular weight is 382 g/mol. The van der Waals surface area contributed by atoms with E-state index in [1.54, 1.807) is 23.0 Å². The Kier molecular flexibility index (Phi) is 5.29. The fraction of sp³-hybridized carbons (Fsp3) is 0.278. The van der Waals surface area contributed by atoms with Crippen molar-refractivity contribution in [3.63, 3.8) is 0 Å². The highest BCUT2D eigenvalue weighted by Gasteiger charge is 2.18. The largest absolute Gasteiger partial charge is 0.473 e. The van der Waals surface area contributed by atoms with Crippen molar-refractivity contribution >= 4 is 17.7 Å². The summed E-state index contributed by atoms with van der Waals surface area (Å²) in [6.07, 6.45) is 2.75. The third-order valence-corrected chi connectivity index (χ3v) is 5.25. The van der Waals surface area contributed by atoms with Gasteiger partial charge in [0.05, 0.1) is 12.2 Å². The molecule has 1 aromatic carbocycles. The maximum absolute atomic E-state index is 12.5.